The van der Waals surface area contributed by atoms with Crippen LogP contribution in [-0.4, -0.2) is 43.9 Å². The molecule has 3 aliphatic heterocycles. The summed E-state index contributed by atoms with van der Waals surface area (Å²) in [6, 6.07) is 4.17. The van der Waals surface area contributed by atoms with Crippen molar-refractivity contribution in [2.45, 2.75) is 38.6 Å². The smallest absolute Gasteiger partial charge is 0.264 e. The van der Waals surface area contributed by atoms with Gasteiger partial charge in [0.25, 0.3) is 5.91 Å². The van der Waals surface area contributed by atoms with Crippen molar-refractivity contribution >= 4 is 17.7 Å². The van der Waals surface area contributed by atoms with Crippen LogP contribution in [0, 0.1) is 5.92 Å². The first-order chi connectivity index (χ1) is 13.2. The van der Waals surface area contributed by atoms with Crippen molar-refractivity contribution < 1.29 is 19.0 Å². The number of benzene rings is 1. The lowest BCUT2D eigenvalue weighted by molar-refractivity contribution is -0.132. The van der Waals surface area contributed by atoms with E-state index in [9.17, 15) is 4.79 Å². The second-order valence-electron chi connectivity index (χ2n) is 7.18. The predicted molar refractivity (Wildman–Crippen MR) is 106 cm³/mol. The van der Waals surface area contributed by atoms with E-state index < -0.39 is 0 Å². The van der Waals surface area contributed by atoms with Crippen molar-refractivity contribution in [1.29, 1.82) is 0 Å². The van der Waals surface area contributed by atoms with E-state index in [4.69, 9.17) is 14.2 Å². The Morgan fingerprint density at radius 2 is 2.00 bits per heavy atom. The molecule has 1 aromatic carbocycles. The first-order valence-corrected chi connectivity index (χ1v) is 10.7. The maximum Gasteiger partial charge on any atom is 0.264 e. The number of hydrogen-bond donors (Lipinski definition) is 0. The van der Waals surface area contributed by atoms with Gasteiger partial charge in [0.2, 0.25) is 0 Å². The number of carbonyl (C=O) groups is 1. The van der Waals surface area contributed by atoms with Gasteiger partial charge in [-0.2, -0.15) is 0 Å². The summed E-state index contributed by atoms with van der Waals surface area (Å²) in [6.45, 7) is 3.54. The average Bonchev–Trinajstić information content (AvgIpc) is 2.95. The largest absolute Gasteiger partial charge is 0.496 e. The third kappa shape index (κ3) is 3.08. The lowest BCUT2D eigenvalue weighted by Crippen LogP contribution is -2.47. The van der Waals surface area contributed by atoms with Crippen LogP contribution in [0.5, 0.6) is 11.5 Å². The van der Waals surface area contributed by atoms with E-state index in [1.165, 1.54) is 11.1 Å². The Kier molecular flexibility index (Phi) is 5.26. The van der Waals surface area contributed by atoms with Crippen molar-refractivity contribution in [1.82, 2.24) is 4.90 Å². The van der Waals surface area contributed by atoms with Crippen LogP contribution in [0.1, 0.15) is 43.4 Å². The van der Waals surface area contributed by atoms with Crippen molar-refractivity contribution in [3.8, 4) is 11.5 Å². The molecule has 0 aromatic heterocycles. The van der Waals surface area contributed by atoms with Gasteiger partial charge < -0.3 is 19.1 Å². The Morgan fingerprint density at radius 3 is 2.74 bits per heavy atom. The first kappa shape index (κ1) is 18.5. The van der Waals surface area contributed by atoms with E-state index in [2.05, 4.69) is 24.0 Å². The number of amides is 1. The number of carbonyl (C=O) groups excluding carboxylic acids is 1. The molecule has 1 amide bonds. The van der Waals surface area contributed by atoms with Gasteiger partial charge in [-0.25, -0.2) is 0 Å². The minimum Gasteiger partial charge on any atom is -0.496 e. The van der Waals surface area contributed by atoms with Crippen LogP contribution < -0.4 is 9.47 Å². The zero-order valence-corrected chi connectivity index (χ0v) is 17.1. The summed E-state index contributed by atoms with van der Waals surface area (Å²) in [7, 11) is 3.32. The molecule has 0 radical (unpaired) electrons. The summed E-state index contributed by atoms with van der Waals surface area (Å²) < 4.78 is 17.2. The number of fused-ring (bicyclic) bond motifs is 5. The number of thioether (sulfide) groups is 1. The molecule has 4 rings (SSSR count). The first-order valence-electron chi connectivity index (χ1n) is 9.75. The zero-order valence-electron chi connectivity index (χ0n) is 16.2. The van der Waals surface area contributed by atoms with Gasteiger partial charge in [0.15, 0.2) is 11.5 Å². The Hall–Kier alpha value is -1.82. The summed E-state index contributed by atoms with van der Waals surface area (Å²) in [4.78, 5) is 16.2. The number of methoxy groups -OCH3 is 2. The molecule has 3 heterocycles. The highest BCUT2D eigenvalue weighted by atomic mass is 32.2. The van der Waals surface area contributed by atoms with Gasteiger partial charge in [-0.15, -0.1) is 11.8 Å². The molecule has 0 saturated carbocycles. The molecule has 6 heteroatoms. The molecule has 146 valence electrons. The molecule has 0 bridgehead atoms. The van der Waals surface area contributed by atoms with Crippen LogP contribution in [0.4, 0.5) is 0 Å². The second kappa shape index (κ2) is 7.66. The topological polar surface area (TPSA) is 48.0 Å². The van der Waals surface area contributed by atoms with Gasteiger partial charge in [0, 0.05) is 12.5 Å². The van der Waals surface area contributed by atoms with Crippen LogP contribution >= 0.6 is 11.8 Å². The molecule has 0 N–H and O–H groups in total. The highest BCUT2D eigenvalue weighted by Gasteiger charge is 2.46. The fraction of sp³-hybridized carbons (Fsp3) is 0.571. The number of ether oxygens (including phenoxy) is 3. The number of hydrogen-bond acceptors (Lipinski definition) is 5. The van der Waals surface area contributed by atoms with E-state index in [1.54, 1.807) is 26.0 Å². The van der Waals surface area contributed by atoms with Crippen molar-refractivity contribution in [3.63, 3.8) is 0 Å². The fourth-order valence-electron chi connectivity index (χ4n) is 4.57. The van der Waals surface area contributed by atoms with E-state index in [0.29, 0.717) is 6.61 Å². The fourth-order valence-corrected chi connectivity index (χ4v) is 5.46. The van der Waals surface area contributed by atoms with E-state index >= 15 is 0 Å². The molecule has 27 heavy (non-hydrogen) atoms. The second-order valence-corrected chi connectivity index (χ2v) is 8.45. The van der Waals surface area contributed by atoms with Crippen LogP contribution in [0.25, 0.3) is 0 Å². The SMILES string of the molecule is CCSC1=C2OCCCC[C@H]2[C@H]2c3cc(OC)c(OC)cc3CCN2C1=O. The third-order valence-electron chi connectivity index (χ3n) is 5.77. The molecule has 5 nitrogen and oxygen atoms in total. The Labute approximate surface area is 165 Å². The molecular formula is C21H27NO4S. The van der Waals surface area contributed by atoms with Gasteiger partial charge in [-0.3, -0.25) is 4.79 Å². The Balaban J connectivity index is 1.85. The molecule has 1 saturated heterocycles. The normalized spacial score (nSPS) is 24.4. The summed E-state index contributed by atoms with van der Waals surface area (Å²) in [6.07, 6.45) is 4.05. The van der Waals surface area contributed by atoms with E-state index in [1.807, 2.05) is 0 Å². The minimum atomic E-state index is 0.0235. The van der Waals surface area contributed by atoms with Crippen LogP contribution in [0.3, 0.4) is 0 Å². The zero-order chi connectivity index (χ0) is 19.0. The molecule has 0 aliphatic carbocycles. The molecule has 2 atom stereocenters. The third-order valence-corrected chi connectivity index (χ3v) is 6.73. The Morgan fingerprint density at radius 1 is 1.22 bits per heavy atom. The molecule has 3 aliphatic rings. The average molecular weight is 390 g/mol. The number of rotatable bonds is 4. The van der Waals surface area contributed by atoms with Gasteiger partial charge in [0.1, 0.15) is 10.7 Å². The summed E-state index contributed by atoms with van der Waals surface area (Å²) >= 11 is 1.62. The summed E-state index contributed by atoms with van der Waals surface area (Å²) in [5.74, 6) is 3.62. The lowest BCUT2D eigenvalue weighted by atomic mass is 9.79. The maximum atomic E-state index is 13.3. The predicted octanol–water partition coefficient (Wildman–Crippen LogP) is 3.92. The molecular weight excluding hydrogens is 362 g/mol. The van der Waals surface area contributed by atoms with Crippen molar-refractivity contribution in [3.05, 3.63) is 33.9 Å². The van der Waals surface area contributed by atoms with Gasteiger partial charge in [-0.05, 0) is 54.7 Å². The molecule has 0 spiro atoms. The quantitative estimate of drug-likeness (QED) is 0.781. The van der Waals surface area contributed by atoms with Crippen molar-refractivity contribution in [2.24, 2.45) is 5.92 Å². The molecule has 1 fully saturated rings. The van der Waals surface area contributed by atoms with Gasteiger partial charge in [0.05, 0.1) is 26.9 Å². The van der Waals surface area contributed by atoms with Crippen LogP contribution in [-0.2, 0) is 16.0 Å². The Bertz CT molecular complexity index is 776. The van der Waals surface area contributed by atoms with Crippen molar-refractivity contribution in [2.75, 3.05) is 33.1 Å². The number of nitrogens with zero attached hydrogens (tertiary/aromatic N) is 1. The summed E-state index contributed by atoms with van der Waals surface area (Å²) in [5.41, 5.74) is 2.43. The minimum absolute atomic E-state index is 0.0235. The van der Waals surface area contributed by atoms with Crippen LogP contribution in [0.2, 0.25) is 0 Å². The monoisotopic (exact) mass is 389 g/mol. The van der Waals surface area contributed by atoms with Gasteiger partial charge >= 0.3 is 0 Å². The van der Waals surface area contributed by atoms with E-state index in [0.717, 1.165) is 60.1 Å². The molecule has 0 unspecified atom stereocenters. The van der Waals surface area contributed by atoms with E-state index in [-0.39, 0.29) is 17.9 Å². The summed E-state index contributed by atoms with van der Waals surface area (Å²) in [5, 5.41) is 0. The standard InChI is InChI=1S/C21H27NO4S/c1-4-27-20-19-14(7-5-6-10-26-19)18-15-12-17(25-3)16(24-2)11-13(15)8-9-22(18)21(20)23/h11-12,14,18H,4-10H2,1-3H3/t14-,18-/m0/s1. The van der Waals surface area contributed by atoms with Gasteiger partial charge in [-0.1, -0.05) is 6.92 Å². The van der Waals surface area contributed by atoms with Crippen LogP contribution in [0.15, 0.2) is 22.8 Å². The lowest BCUT2D eigenvalue weighted by Gasteiger charge is -2.45. The maximum absolute atomic E-state index is 13.3. The highest BCUT2D eigenvalue weighted by molar-refractivity contribution is 8.04. The molecule has 1 aromatic rings. The highest BCUT2D eigenvalue weighted by Crippen LogP contribution is 2.50.